The Morgan fingerprint density at radius 2 is 1.71 bits per heavy atom. The van der Waals surface area contributed by atoms with E-state index in [1.807, 2.05) is 0 Å². The number of sulfone groups is 1. The summed E-state index contributed by atoms with van der Waals surface area (Å²) in [4.78, 5) is 0.306. The van der Waals surface area contributed by atoms with Gasteiger partial charge in [-0.1, -0.05) is 0 Å². The quantitative estimate of drug-likeness (QED) is 0.710. The summed E-state index contributed by atoms with van der Waals surface area (Å²) in [5.74, 6) is 0.0907. The number of hydrogen-bond acceptors (Lipinski definition) is 4. The fraction of sp³-hybridized carbons (Fsp3) is 0.333. The number of benzene rings is 1. The van der Waals surface area contributed by atoms with Crippen LogP contribution < -0.4 is 11.5 Å². The topological polar surface area (TPSA) is 86.2 Å². The first-order valence-electron chi connectivity index (χ1n) is 4.34. The molecule has 0 bridgehead atoms. The first-order valence-corrected chi connectivity index (χ1v) is 6.00. The van der Waals surface area contributed by atoms with Gasteiger partial charge in [-0.3, -0.25) is 0 Å². The van der Waals surface area contributed by atoms with Crippen LogP contribution in [0.4, 0.5) is 5.69 Å². The molecule has 0 unspecified atom stereocenters. The number of nitrogen functional groups attached to an aromatic ring is 1. The Morgan fingerprint density at radius 1 is 1.14 bits per heavy atom. The van der Waals surface area contributed by atoms with Crippen molar-refractivity contribution in [2.75, 3.05) is 18.0 Å². The van der Waals surface area contributed by atoms with Crippen molar-refractivity contribution in [3.05, 3.63) is 24.3 Å². The lowest BCUT2D eigenvalue weighted by molar-refractivity contribution is 0.593. The van der Waals surface area contributed by atoms with Gasteiger partial charge in [-0.05, 0) is 37.2 Å². The van der Waals surface area contributed by atoms with Crippen LogP contribution in [0.3, 0.4) is 0 Å². The molecule has 0 atom stereocenters. The predicted molar refractivity (Wildman–Crippen MR) is 56.6 cm³/mol. The molecule has 0 saturated carbocycles. The van der Waals surface area contributed by atoms with Crippen LogP contribution in [0.15, 0.2) is 29.2 Å². The summed E-state index contributed by atoms with van der Waals surface area (Å²) in [6.45, 7) is 0.383. The molecule has 0 aliphatic heterocycles. The third kappa shape index (κ3) is 2.71. The van der Waals surface area contributed by atoms with Crippen LogP contribution in [-0.2, 0) is 9.84 Å². The fourth-order valence-corrected chi connectivity index (χ4v) is 2.40. The average Bonchev–Trinajstić information content (AvgIpc) is 2.16. The Balaban J connectivity index is 2.87. The molecule has 0 saturated heterocycles. The fourth-order valence-electron chi connectivity index (χ4n) is 1.07. The maximum absolute atomic E-state index is 11.6. The highest BCUT2D eigenvalue weighted by molar-refractivity contribution is 7.91. The van der Waals surface area contributed by atoms with Crippen LogP contribution in [0.25, 0.3) is 0 Å². The minimum atomic E-state index is -3.17. The molecule has 1 aromatic carbocycles. The van der Waals surface area contributed by atoms with Gasteiger partial charge in [0.2, 0.25) is 0 Å². The molecule has 0 aromatic heterocycles. The van der Waals surface area contributed by atoms with E-state index in [-0.39, 0.29) is 5.75 Å². The van der Waals surface area contributed by atoms with Gasteiger partial charge in [0.05, 0.1) is 10.6 Å². The molecule has 1 rings (SSSR count). The summed E-state index contributed by atoms with van der Waals surface area (Å²) >= 11 is 0. The van der Waals surface area contributed by atoms with Crippen LogP contribution >= 0.6 is 0 Å². The predicted octanol–water partition coefficient (Wildman–Crippen LogP) is 0.391. The van der Waals surface area contributed by atoms with Crippen LogP contribution in [-0.4, -0.2) is 20.7 Å². The van der Waals surface area contributed by atoms with E-state index in [1.165, 1.54) is 12.1 Å². The summed E-state index contributed by atoms with van der Waals surface area (Å²) in [7, 11) is -3.17. The number of anilines is 1. The van der Waals surface area contributed by atoms with Gasteiger partial charge in [-0.2, -0.15) is 0 Å². The molecule has 0 amide bonds. The van der Waals surface area contributed by atoms with E-state index in [9.17, 15) is 8.42 Å². The van der Waals surface area contributed by atoms with E-state index >= 15 is 0 Å². The summed E-state index contributed by atoms with van der Waals surface area (Å²) in [5, 5.41) is 0. The number of hydrogen-bond donors (Lipinski definition) is 2. The molecule has 0 aliphatic carbocycles. The van der Waals surface area contributed by atoms with Gasteiger partial charge in [-0.15, -0.1) is 0 Å². The Kier molecular flexibility index (Phi) is 3.49. The molecule has 0 aliphatic rings. The van der Waals surface area contributed by atoms with Crippen LogP contribution in [0.5, 0.6) is 0 Å². The molecule has 4 nitrogen and oxygen atoms in total. The Morgan fingerprint density at radius 3 is 2.21 bits per heavy atom. The van der Waals surface area contributed by atoms with E-state index in [0.717, 1.165) is 0 Å². The van der Waals surface area contributed by atoms with Crippen molar-refractivity contribution < 1.29 is 8.42 Å². The lowest BCUT2D eigenvalue weighted by Gasteiger charge is -2.03. The van der Waals surface area contributed by atoms with Crippen molar-refractivity contribution in [3.8, 4) is 0 Å². The number of rotatable bonds is 4. The monoisotopic (exact) mass is 214 g/mol. The smallest absolute Gasteiger partial charge is 0.178 e. The van der Waals surface area contributed by atoms with Crippen LogP contribution in [0.2, 0.25) is 0 Å². The van der Waals surface area contributed by atoms with E-state index < -0.39 is 9.84 Å². The van der Waals surface area contributed by atoms with Crippen molar-refractivity contribution in [3.63, 3.8) is 0 Å². The van der Waals surface area contributed by atoms with Gasteiger partial charge in [0.15, 0.2) is 9.84 Å². The Hall–Kier alpha value is -1.07. The van der Waals surface area contributed by atoms with E-state index in [4.69, 9.17) is 11.5 Å². The summed E-state index contributed by atoms with van der Waals surface area (Å²) in [6.07, 6.45) is 0.479. The molecule has 78 valence electrons. The van der Waals surface area contributed by atoms with Crippen molar-refractivity contribution in [2.24, 2.45) is 5.73 Å². The molecule has 14 heavy (non-hydrogen) atoms. The maximum atomic E-state index is 11.6. The van der Waals surface area contributed by atoms with Crippen molar-refractivity contribution in [1.29, 1.82) is 0 Å². The van der Waals surface area contributed by atoms with Crippen LogP contribution in [0.1, 0.15) is 6.42 Å². The summed E-state index contributed by atoms with van der Waals surface area (Å²) in [6, 6.07) is 6.19. The minimum Gasteiger partial charge on any atom is -0.399 e. The Labute approximate surface area is 83.8 Å². The molecule has 0 heterocycles. The molecular formula is C9H14N2O2S. The third-order valence-corrected chi connectivity index (χ3v) is 3.67. The molecule has 0 spiro atoms. The standard InChI is InChI=1S/C9H14N2O2S/c10-6-1-7-14(12,13)9-4-2-8(11)3-5-9/h2-5H,1,6-7,10-11H2. The van der Waals surface area contributed by atoms with Crippen LogP contribution in [0, 0.1) is 0 Å². The van der Waals surface area contributed by atoms with Gasteiger partial charge >= 0.3 is 0 Å². The van der Waals surface area contributed by atoms with E-state index in [0.29, 0.717) is 23.5 Å². The average molecular weight is 214 g/mol. The first kappa shape index (κ1) is 11.0. The minimum absolute atomic E-state index is 0.0907. The van der Waals surface area contributed by atoms with Gasteiger partial charge in [0, 0.05) is 5.69 Å². The van der Waals surface area contributed by atoms with Crippen molar-refractivity contribution in [2.45, 2.75) is 11.3 Å². The third-order valence-electron chi connectivity index (χ3n) is 1.86. The molecular weight excluding hydrogens is 200 g/mol. The Bertz CT molecular complexity index is 384. The largest absolute Gasteiger partial charge is 0.399 e. The lowest BCUT2D eigenvalue weighted by Crippen LogP contribution is -2.11. The highest BCUT2D eigenvalue weighted by atomic mass is 32.2. The first-order chi connectivity index (χ1) is 6.56. The molecule has 0 fully saturated rings. The summed E-state index contributed by atoms with van der Waals surface area (Å²) < 4.78 is 23.2. The van der Waals surface area contributed by atoms with Gasteiger partial charge in [0.1, 0.15) is 0 Å². The molecule has 1 aromatic rings. The maximum Gasteiger partial charge on any atom is 0.178 e. The van der Waals surface area contributed by atoms with Crippen molar-refractivity contribution in [1.82, 2.24) is 0 Å². The second kappa shape index (κ2) is 4.43. The van der Waals surface area contributed by atoms with Gasteiger partial charge in [0.25, 0.3) is 0 Å². The second-order valence-electron chi connectivity index (χ2n) is 3.03. The normalized spacial score (nSPS) is 11.5. The molecule has 0 radical (unpaired) electrons. The molecule has 4 N–H and O–H groups in total. The number of nitrogens with two attached hydrogens (primary N) is 2. The zero-order valence-corrected chi connectivity index (χ0v) is 8.63. The molecule has 5 heteroatoms. The van der Waals surface area contributed by atoms with Gasteiger partial charge < -0.3 is 11.5 Å². The second-order valence-corrected chi connectivity index (χ2v) is 5.14. The van der Waals surface area contributed by atoms with E-state index in [2.05, 4.69) is 0 Å². The lowest BCUT2D eigenvalue weighted by atomic mass is 10.3. The highest BCUT2D eigenvalue weighted by Crippen LogP contribution is 2.13. The zero-order chi connectivity index (χ0) is 10.6. The SMILES string of the molecule is NCCCS(=O)(=O)c1ccc(N)cc1. The van der Waals surface area contributed by atoms with E-state index in [1.54, 1.807) is 12.1 Å². The summed E-state index contributed by atoms with van der Waals surface area (Å²) in [5.41, 5.74) is 11.3. The van der Waals surface area contributed by atoms with Gasteiger partial charge in [-0.25, -0.2) is 8.42 Å². The zero-order valence-electron chi connectivity index (χ0n) is 7.81. The van der Waals surface area contributed by atoms with Crippen molar-refractivity contribution >= 4 is 15.5 Å². The highest BCUT2D eigenvalue weighted by Gasteiger charge is 2.12.